The number of rotatable bonds is 4. The maximum absolute atomic E-state index is 12.5. The van der Waals surface area contributed by atoms with E-state index in [2.05, 4.69) is 25.4 Å². The monoisotopic (exact) mass is 395 g/mol. The third kappa shape index (κ3) is 3.70. The lowest BCUT2D eigenvalue weighted by Gasteiger charge is -2.19. The second kappa shape index (κ2) is 6.54. The predicted octanol–water partition coefficient (Wildman–Crippen LogP) is 3.19. The molecule has 0 spiro atoms. The number of nitrogens with one attached hydrogen (secondary N) is 1. The van der Waals surface area contributed by atoms with Crippen molar-refractivity contribution in [3.05, 3.63) is 27.7 Å². The van der Waals surface area contributed by atoms with E-state index >= 15 is 0 Å². The summed E-state index contributed by atoms with van der Waals surface area (Å²) >= 11 is 9.26. The molecule has 8 heteroatoms. The number of halogens is 2. The van der Waals surface area contributed by atoms with Crippen LogP contribution >= 0.6 is 27.5 Å². The van der Waals surface area contributed by atoms with Gasteiger partial charge in [-0.3, -0.25) is 9.52 Å². The zero-order chi connectivity index (χ0) is 15.6. The fraction of sp³-hybridized carbons (Fsp3) is 0.462. The van der Waals surface area contributed by atoms with Crippen molar-refractivity contribution in [2.45, 2.75) is 24.5 Å². The first-order chi connectivity index (χ1) is 9.85. The Labute approximate surface area is 137 Å². The van der Waals surface area contributed by atoms with Gasteiger partial charge in [0.15, 0.2) is 0 Å². The number of carbonyl (C=O) groups is 1. The number of benzene rings is 1. The molecule has 0 saturated heterocycles. The number of sulfonamides is 1. The quantitative estimate of drug-likeness (QED) is 0.793. The van der Waals surface area contributed by atoms with Crippen molar-refractivity contribution in [1.29, 1.82) is 0 Å². The van der Waals surface area contributed by atoms with Gasteiger partial charge >= 0.3 is 5.97 Å². The number of hydrogen-bond donors (Lipinski definition) is 1. The molecule has 1 fully saturated rings. The van der Waals surface area contributed by atoms with E-state index in [-0.39, 0.29) is 0 Å². The van der Waals surface area contributed by atoms with Crippen LogP contribution in [0.1, 0.15) is 19.3 Å². The first-order valence-corrected chi connectivity index (χ1v) is 9.11. The van der Waals surface area contributed by atoms with Gasteiger partial charge in [-0.25, -0.2) is 8.42 Å². The minimum atomic E-state index is -3.71. The Balaban J connectivity index is 2.25. The van der Waals surface area contributed by atoms with Gasteiger partial charge in [0.05, 0.1) is 29.0 Å². The van der Waals surface area contributed by atoms with Crippen molar-refractivity contribution in [1.82, 2.24) is 0 Å². The number of hydrogen-bond acceptors (Lipinski definition) is 4. The summed E-state index contributed by atoms with van der Waals surface area (Å²) in [4.78, 5) is 11.7. The second-order valence-corrected chi connectivity index (χ2v) is 8.09. The maximum Gasteiger partial charge on any atom is 0.310 e. The van der Waals surface area contributed by atoms with E-state index in [1.54, 1.807) is 18.2 Å². The first-order valence-electron chi connectivity index (χ1n) is 6.39. The Kier molecular flexibility index (Phi) is 5.16. The highest BCUT2D eigenvalue weighted by atomic mass is 79.9. The molecule has 0 amide bonds. The molecule has 0 aliphatic heterocycles. The number of esters is 1. The van der Waals surface area contributed by atoms with Crippen molar-refractivity contribution in [3.63, 3.8) is 0 Å². The van der Waals surface area contributed by atoms with Crippen molar-refractivity contribution in [3.8, 4) is 0 Å². The molecule has 5 nitrogen and oxygen atoms in total. The zero-order valence-electron chi connectivity index (χ0n) is 11.3. The number of carbonyl (C=O) groups excluding carboxylic acids is 1. The van der Waals surface area contributed by atoms with Crippen LogP contribution in [-0.4, -0.2) is 26.7 Å². The van der Waals surface area contributed by atoms with Crippen LogP contribution in [0.25, 0.3) is 0 Å². The van der Waals surface area contributed by atoms with Crippen LogP contribution in [0.3, 0.4) is 0 Å². The third-order valence-electron chi connectivity index (χ3n) is 3.54. The van der Waals surface area contributed by atoms with E-state index in [9.17, 15) is 13.2 Å². The van der Waals surface area contributed by atoms with Crippen molar-refractivity contribution in [2.24, 2.45) is 5.92 Å². The molecule has 1 N–H and O–H groups in total. The van der Waals surface area contributed by atoms with Gasteiger partial charge in [0.25, 0.3) is 0 Å². The van der Waals surface area contributed by atoms with Crippen LogP contribution in [0.4, 0.5) is 5.69 Å². The molecular formula is C13H15BrClNO4S. The normalized spacial score (nSPS) is 22.0. The van der Waals surface area contributed by atoms with Gasteiger partial charge in [0.1, 0.15) is 0 Å². The lowest BCUT2D eigenvalue weighted by atomic mass is 10.1. The van der Waals surface area contributed by atoms with Crippen LogP contribution in [0.15, 0.2) is 22.7 Å². The fourth-order valence-electron chi connectivity index (χ4n) is 2.52. The molecule has 21 heavy (non-hydrogen) atoms. The van der Waals surface area contributed by atoms with Crippen LogP contribution in [0, 0.1) is 5.92 Å². The van der Waals surface area contributed by atoms with Crippen LogP contribution in [0.5, 0.6) is 0 Å². The average Bonchev–Trinajstić information content (AvgIpc) is 2.92. The van der Waals surface area contributed by atoms with Gasteiger partial charge in [-0.1, -0.05) is 34.0 Å². The van der Waals surface area contributed by atoms with E-state index in [4.69, 9.17) is 11.6 Å². The highest BCUT2D eigenvalue weighted by molar-refractivity contribution is 9.10. The number of methoxy groups -OCH3 is 1. The average molecular weight is 397 g/mol. The first kappa shape index (κ1) is 16.6. The molecule has 0 bridgehead atoms. The van der Waals surface area contributed by atoms with Gasteiger partial charge in [0.2, 0.25) is 10.0 Å². The summed E-state index contributed by atoms with van der Waals surface area (Å²) in [6, 6.07) is 4.89. The molecular weight excluding hydrogens is 382 g/mol. The second-order valence-electron chi connectivity index (χ2n) is 4.87. The smallest absolute Gasteiger partial charge is 0.310 e. The predicted molar refractivity (Wildman–Crippen MR) is 84.8 cm³/mol. The molecule has 2 rings (SSSR count). The summed E-state index contributed by atoms with van der Waals surface area (Å²) in [7, 11) is -2.45. The Morgan fingerprint density at radius 1 is 1.43 bits per heavy atom. The summed E-state index contributed by atoms with van der Waals surface area (Å²) in [6.45, 7) is 0. The molecule has 1 aliphatic rings. The largest absolute Gasteiger partial charge is 0.469 e. The molecule has 2 unspecified atom stereocenters. The molecule has 1 aliphatic carbocycles. The molecule has 0 aromatic heterocycles. The van der Waals surface area contributed by atoms with Crippen LogP contribution in [0.2, 0.25) is 5.02 Å². The van der Waals surface area contributed by atoms with Gasteiger partial charge in [-0.15, -0.1) is 0 Å². The lowest BCUT2D eigenvalue weighted by molar-refractivity contribution is -0.145. The standard InChI is InChI=1S/C13H15BrClNO4S/c1-20-13(17)9-3-2-4-12(9)21(18,19)16-11-7-8(14)5-6-10(11)15/h5-7,9,12,16H,2-4H2,1H3. The molecule has 116 valence electrons. The fourth-order valence-corrected chi connectivity index (χ4v) is 4.89. The summed E-state index contributed by atoms with van der Waals surface area (Å²) in [5.41, 5.74) is 0.293. The van der Waals surface area contributed by atoms with Crippen molar-refractivity contribution < 1.29 is 17.9 Å². The van der Waals surface area contributed by atoms with E-state index in [0.29, 0.717) is 34.4 Å². The van der Waals surface area contributed by atoms with E-state index in [0.717, 1.165) is 0 Å². The highest BCUT2D eigenvalue weighted by Crippen LogP contribution is 2.34. The van der Waals surface area contributed by atoms with Gasteiger partial charge < -0.3 is 4.74 Å². The van der Waals surface area contributed by atoms with Crippen LogP contribution in [-0.2, 0) is 19.6 Å². The Morgan fingerprint density at radius 3 is 2.81 bits per heavy atom. The summed E-state index contributed by atoms with van der Waals surface area (Å²) in [6.07, 6.45) is 1.63. The third-order valence-corrected chi connectivity index (χ3v) is 6.22. The van der Waals surface area contributed by atoms with Gasteiger partial charge in [0, 0.05) is 4.47 Å². The molecule has 1 aromatic rings. The Bertz CT molecular complexity index is 650. The van der Waals surface area contributed by atoms with Gasteiger partial charge in [-0.2, -0.15) is 0 Å². The van der Waals surface area contributed by atoms with E-state index in [1.807, 2.05) is 0 Å². The molecule has 1 aromatic carbocycles. The minimum Gasteiger partial charge on any atom is -0.469 e. The van der Waals surface area contributed by atoms with Gasteiger partial charge in [-0.05, 0) is 31.0 Å². The summed E-state index contributed by atoms with van der Waals surface area (Å²) in [5, 5.41) is -0.491. The van der Waals surface area contributed by atoms with Crippen LogP contribution < -0.4 is 4.72 Å². The maximum atomic E-state index is 12.5. The van der Waals surface area contributed by atoms with E-state index in [1.165, 1.54) is 7.11 Å². The molecule has 2 atom stereocenters. The Hall–Kier alpha value is -0.790. The van der Waals surface area contributed by atoms with Crippen molar-refractivity contribution >= 4 is 49.2 Å². The zero-order valence-corrected chi connectivity index (χ0v) is 14.5. The Morgan fingerprint density at radius 2 is 2.14 bits per heavy atom. The molecule has 0 radical (unpaired) electrons. The molecule has 1 saturated carbocycles. The summed E-state index contributed by atoms with van der Waals surface area (Å²) < 4.78 is 32.9. The topological polar surface area (TPSA) is 72.5 Å². The lowest BCUT2D eigenvalue weighted by Crippen LogP contribution is -2.35. The minimum absolute atomic E-state index is 0.293. The highest BCUT2D eigenvalue weighted by Gasteiger charge is 2.42. The van der Waals surface area contributed by atoms with E-state index < -0.39 is 27.2 Å². The number of ether oxygens (including phenoxy) is 1. The molecule has 0 heterocycles. The SMILES string of the molecule is COC(=O)C1CCCC1S(=O)(=O)Nc1cc(Br)ccc1Cl. The summed E-state index contributed by atoms with van der Waals surface area (Å²) in [5.74, 6) is -1.11. The van der Waals surface area contributed by atoms with Crippen molar-refractivity contribution in [2.75, 3.05) is 11.8 Å². The number of anilines is 1.